The first kappa shape index (κ1) is 19.6. The number of amides is 1. The number of alkyl carbamates (subject to hydrolysis) is 1. The van der Waals surface area contributed by atoms with Crippen molar-refractivity contribution in [1.82, 2.24) is 5.32 Å². The van der Waals surface area contributed by atoms with Gasteiger partial charge in [-0.25, -0.2) is 14.0 Å². The maximum atomic E-state index is 13.4. The van der Waals surface area contributed by atoms with Gasteiger partial charge in [-0.15, -0.1) is 0 Å². The SMILES string of the molecule is CC(C)(C)OC(=O)N[C@@H](C[C@@H](F)CN)C(=O)OC(C)(C)C. The molecule has 0 heterocycles. The van der Waals surface area contributed by atoms with Crippen LogP contribution in [0.3, 0.4) is 0 Å². The number of hydrogen-bond acceptors (Lipinski definition) is 5. The van der Waals surface area contributed by atoms with Crippen LogP contribution in [0, 0.1) is 0 Å². The molecule has 0 aromatic heterocycles. The number of carbonyl (C=O) groups excluding carboxylic acids is 2. The van der Waals surface area contributed by atoms with Gasteiger partial charge in [-0.1, -0.05) is 0 Å². The highest BCUT2D eigenvalue weighted by Gasteiger charge is 2.30. The quantitative estimate of drug-likeness (QED) is 0.757. The van der Waals surface area contributed by atoms with Crippen LogP contribution < -0.4 is 11.1 Å². The van der Waals surface area contributed by atoms with Gasteiger partial charge in [0.2, 0.25) is 0 Å². The number of nitrogens with two attached hydrogens (primary N) is 1. The minimum absolute atomic E-state index is 0.241. The number of nitrogens with one attached hydrogen (secondary N) is 1. The molecule has 0 aliphatic heterocycles. The van der Waals surface area contributed by atoms with Crippen molar-refractivity contribution in [1.29, 1.82) is 0 Å². The van der Waals surface area contributed by atoms with Gasteiger partial charge in [0.25, 0.3) is 0 Å². The zero-order valence-corrected chi connectivity index (χ0v) is 13.7. The lowest BCUT2D eigenvalue weighted by Crippen LogP contribution is -2.47. The highest BCUT2D eigenvalue weighted by Crippen LogP contribution is 2.13. The zero-order chi connectivity index (χ0) is 16.8. The summed E-state index contributed by atoms with van der Waals surface area (Å²) in [5, 5.41) is 2.33. The molecule has 0 fully saturated rings. The first-order valence-corrected chi connectivity index (χ1v) is 6.90. The summed E-state index contributed by atoms with van der Waals surface area (Å²) in [4.78, 5) is 23.7. The first-order chi connectivity index (χ1) is 9.34. The number of alkyl halides is 1. The molecule has 0 saturated heterocycles. The molecule has 124 valence electrons. The third kappa shape index (κ3) is 10.1. The third-order valence-electron chi connectivity index (χ3n) is 2.13. The van der Waals surface area contributed by atoms with Crippen LogP contribution in [0.5, 0.6) is 0 Å². The van der Waals surface area contributed by atoms with E-state index < -0.39 is 35.5 Å². The smallest absolute Gasteiger partial charge is 0.408 e. The minimum atomic E-state index is -1.42. The van der Waals surface area contributed by atoms with Crippen LogP contribution in [-0.2, 0) is 14.3 Å². The molecule has 0 aromatic rings. The lowest BCUT2D eigenvalue weighted by atomic mass is 10.1. The van der Waals surface area contributed by atoms with E-state index in [1.165, 1.54) is 0 Å². The van der Waals surface area contributed by atoms with E-state index in [1.54, 1.807) is 41.5 Å². The highest BCUT2D eigenvalue weighted by atomic mass is 19.1. The maximum absolute atomic E-state index is 13.4. The molecule has 0 aromatic carbocycles. The standard InChI is InChI=1S/C14H27FN2O4/c1-13(2,3)20-11(18)10(7-9(15)8-16)17-12(19)21-14(4,5)6/h9-10H,7-8,16H2,1-6H3,(H,17,19)/t9-,10+/m1/s1. The number of halogens is 1. The van der Waals surface area contributed by atoms with Gasteiger partial charge in [0.1, 0.15) is 23.4 Å². The molecular formula is C14H27FN2O4. The maximum Gasteiger partial charge on any atom is 0.408 e. The average Bonchev–Trinajstić information content (AvgIpc) is 2.22. The Balaban J connectivity index is 4.82. The second kappa shape index (κ2) is 7.59. The van der Waals surface area contributed by atoms with Crippen LogP contribution in [0.2, 0.25) is 0 Å². The summed E-state index contributed by atoms with van der Waals surface area (Å²) >= 11 is 0. The molecule has 3 N–H and O–H groups in total. The largest absolute Gasteiger partial charge is 0.458 e. The van der Waals surface area contributed by atoms with E-state index in [1.807, 2.05) is 0 Å². The Hall–Kier alpha value is -1.37. The molecule has 7 heteroatoms. The van der Waals surface area contributed by atoms with Crippen molar-refractivity contribution in [3.63, 3.8) is 0 Å². The predicted octanol–water partition coefficient (Wildman–Crippen LogP) is 1.91. The summed E-state index contributed by atoms with van der Waals surface area (Å²) in [6.45, 7) is 9.88. The number of carbonyl (C=O) groups is 2. The van der Waals surface area contributed by atoms with E-state index in [9.17, 15) is 14.0 Å². The fraction of sp³-hybridized carbons (Fsp3) is 0.857. The van der Waals surface area contributed by atoms with Crippen LogP contribution in [0.25, 0.3) is 0 Å². The summed E-state index contributed by atoms with van der Waals surface area (Å²) in [7, 11) is 0. The van der Waals surface area contributed by atoms with Gasteiger partial charge >= 0.3 is 12.1 Å². The van der Waals surface area contributed by atoms with Gasteiger partial charge in [0.05, 0.1) is 0 Å². The topological polar surface area (TPSA) is 90.6 Å². The molecule has 0 bridgehead atoms. The molecule has 1 amide bonds. The van der Waals surface area contributed by atoms with Gasteiger partial charge in [-0.05, 0) is 41.5 Å². The molecule has 6 nitrogen and oxygen atoms in total. The van der Waals surface area contributed by atoms with Crippen molar-refractivity contribution in [2.24, 2.45) is 5.73 Å². The molecule has 0 rings (SSSR count). The lowest BCUT2D eigenvalue weighted by Gasteiger charge is -2.26. The molecule has 0 radical (unpaired) electrons. The molecule has 0 aliphatic rings. The monoisotopic (exact) mass is 306 g/mol. The molecule has 21 heavy (non-hydrogen) atoms. The summed E-state index contributed by atoms with van der Waals surface area (Å²) in [5.74, 6) is -0.718. The Morgan fingerprint density at radius 2 is 1.57 bits per heavy atom. The fourth-order valence-corrected chi connectivity index (χ4v) is 1.39. The Labute approximate surface area is 125 Å². The molecule has 0 saturated carbocycles. The molecule has 0 spiro atoms. The van der Waals surface area contributed by atoms with E-state index in [0.29, 0.717) is 0 Å². The highest BCUT2D eigenvalue weighted by molar-refractivity contribution is 5.81. The summed E-state index contributed by atoms with van der Waals surface area (Å²) < 4.78 is 23.7. The van der Waals surface area contributed by atoms with Crippen molar-refractivity contribution >= 4 is 12.1 Å². The molecule has 2 atom stereocenters. The van der Waals surface area contributed by atoms with Gasteiger partial charge in [0, 0.05) is 13.0 Å². The van der Waals surface area contributed by atoms with E-state index >= 15 is 0 Å². The van der Waals surface area contributed by atoms with Crippen molar-refractivity contribution in [3.05, 3.63) is 0 Å². The van der Waals surface area contributed by atoms with Gasteiger partial charge in [0.15, 0.2) is 0 Å². The van der Waals surface area contributed by atoms with Crippen molar-refractivity contribution < 1.29 is 23.5 Å². The van der Waals surface area contributed by atoms with E-state index in [4.69, 9.17) is 15.2 Å². The van der Waals surface area contributed by atoms with Crippen LogP contribution in [0.4, 0.5) is 9.18 Å². The molecular weight excluding hydrogens is 279 g/mol. The van der Waals surface area contributed by atoms with Gasteiger partial charge in [-0.2, -0.15) is 0 Å². The number of ether oxygens (including phenoxy) is 2. The van der Waals surface area contributed by atoms with E-state index in [-0.39, 0.29) is 13.0 Å². The van der Waals surface area contributed by atoms with E-state index in [0.717, 1.165) is 0 Å². The van der Waals surface area contributed by atoms with Crippen molar-refractivity contribution in [2.75, 3.05) is 6.54 Å². The Morgan fingerprint density at radius 1 is 1.10 bits per heavy atom. The van der Waals surface area contributed by atoms with Crippen LogP contribution in [0.1, 0.15) is 48.0 Å². The minimum Gasteiger partial charge on any atom is -0.458 e. The van der Waals surface area contributed by atoms with Crippen molar-refractivity contribution in [3.8, 4) is 0 Å². The van der Waals surface area contributed by atoms with Crippen LogP contribution in [0.15, 0.2) is 0 Å². The van der Waals surface area contributed by atoms with Crippen LogP contribution in [-0.4, -0.2) is 42.0 Å². The normalized spacial score (nSPS) is 15.0. The predicted molar refractivity (Wildman–Crippen MR) is 77.6 cm³/mol. The Morgan fingerprint density at radius 3 is 1.95 bits per heavy atom. The number of hydrogen-bond donors (Lipinski definition) is 2. The number of rotatable bonds is 5. The van der Waals surface area contributed by atoms with E-state index in [2.05, 4.69) is 5.32 Å². The first-order valence-electron chi connectivity index (χ1n) is 6.90. The average molecular weight is 306 g/mol. The third-order valence-corrected chi connectivity index (χ3v) is 2.13. The Kier molecular flexibility index (Phi) is 7.09. The zero-order valence-electron chi connectivity index (χ0n) is 13.7. The second-order valence-corrected chi connectivity index (χ2v) is 6.80. The summed E-state index contributed by atoms with van der Waals surface area (Å²) in [6, 6.07) is -1.14. The van der Waals surface area contributed by atoms with Gasteiger partial charge in [-0.3, -0.25) is 0 Å². The van der Waals surface area contributed by atoms with Crippen LogP contribution >= 0.6 is 0 Å². The van der Waals surface area contributed by atoms with Gasteiger partial charge < -0.3 is 20.5 Å². The molecule has 0 unspecified atom stereocenters. The lowest BCUT2D eigenvalue weighted by molar-refractivity contribution is -0.158. The summed E-state index contributed by atoms with van der Waals surface area (Å²) in [5.41, 5.74) is 3.76. The Bertz CT molecular complexity index is 361. The van der Waals surface area contributed by atoms with Crippen molar-refractivity contribution in [2.45, 2.75) is 71.4 Å². The summed E-state index contributed by atoms with van der Waals surface area (Å²) in [6.07, 6.45) is -2.48. The second-order valence-electron chi connectivity index (χ2n) is 6.80. The number of esters is 1. The fourth-order valence-electron chi connectivity index (χ4n) is 1.39. The molecule has 0 aliphatic carbocycles.